The second-order valence-corrected chi connectivity index (χ2v) is 2.22. The summed E-state index contributed by atoms with van der Waals surface area (Å²) in [5.74, 6) is 0.319. The highest BCUT2D eigenvalue weighted by Gasteiger charge is 2.10. The van der Waals surface area contributed by atoms with Gasteiger partial charge in [-0.15, -0.1) is 0 Å². The van der Waals surface area contributed by atoms with Crippen molar-refractivity contribution in [3.05, 3.63) is 12.2 Å². The Bertz CT molecular complexity index is 95.4. The zero-order valence-electron chi connectivity index (χ0n) is 7.13. The summed E-state index contributed by atoms with van der Waals surface area (Å²) >= 11 is 0. The van der Waals surface area contributed by atoms with Crippen LogP contribution in [0.25, 0.3) is 0 Å². The minimum Gasteiger partial charge on any atom is -0.355 e. The molecule has 0 radical (unpaired) electrons. The molecular formula is C8H16O2. The third kappa shape index (κ3) is 2.99. The number of rotatable bonds is 4. The minimum atomic E-state index is -0.115. The predicted octanol–water partition coefficient (Wildman–Crippen LogP) is 1.82. The average molecular weight is 144 g/mol. The molecule has 0 heterocycles. The van der Waals surface area contributed by atoms with E-state index in [0.29, 0.717) is 5.92 Å². The topological polar surface area (TPSA) is 18.5 Å². The second-order valence-electron chi connectivity index (χ2n) is 2.22. The summed E-state index contributed by atoms with van der Waals surface area (Å²) in [6.45, 7) is 4.04. The molecule has 0 rings (SSSR count). The fourth-order valence-corrected chi connectivity index (χ4v) is 0.920. The first-order valence-electron chi connectivity index (χ1n) is 3.44. The lowest BCUT2D eigenvalue weighted by Gasteiger charge is -2.17. The second kappa shape index (κ2) is 5.45. The van der Waals surface area contributed by atoms with E-state index in [2.05, 4.69) is 13.0 Å². The molecule has 60 valence electrons. The number of allylic oxidation sites excluding steroid dienone is 1. The highest BCUT2D eigenvalue weighted by Crippen LogP contribution is 2.08. The molecule has 0 saturated heterocycles. The van der Waals surface area contributed by atoms with Crippen LogP contribution in [0.15, 0.2) is 12.2 Å². The molecular weight excluding hydrogens is 128 g/mol. The Labute approximate surface area is 62.8 Å². The lowest BCUT2D eigenvalue weighted by molar-refractivity contribution is -0.122. The first-order chi connectivity index (χ1) is 4.76. The van der Waals surface area contributed by atoms with E-state index in [1.165, 1.54) is 0 Å². The van der Waals surface area contributed by atoms with Crippen LogP contribution in [0.3, 0.4) is 0 Å². The van der Waals surface area contributed by atoms with E-state index in [9.17, 15) is 0 Å². The first-order valence-corrected chi connectivity index (χ1v) is 3.44. The van der Waals surface area contributed by atoms with E-state index in [1.54, 1.807) is 14.2 Å². The zero-order chi connectivity index (χ0) is 7.98. The summed E-state index contributed by atoms with van der Waals surface area (Å²) in [4.78, 5) is 0. The van der Waals surface area contributed by atoms with Crippen LogP contribution in [-0.2, 0) is 9.47 Å². The van der Waals surface area contributed by atoms with Gasteiger partial charge in [0.25, 0.3) is 0 Å². The smallest absolute Gasteiger partial charge is 0.162 e. The number of hydrogen-bond donors (Lipinski definition) is 0. The number of ether oxygens (including phenoxy) is 2. The van der Waals surface area contributed by atoms with Crippen LogP contribution in [0, 0.1) is 5.92 Å². The molecule has 0 aliphatic rings. The maximum atomic E-state index is 5.04. The Balaban J connectivity index is 3.75. The Kier molecular flexibility index (Phi) is 5.26. The normalized spacial score (nSPS) is 14.9. The summed E-state index contributed by atoms with van der Waals surface area (Å²) in [7, 11) is 3.29. The summed E-state index contributed by atoms with van der Waals surface area (Å²) in [5.41, 5.74) is 0. The highest BCUT2D eigenvalue weighted by molar-refractivity contribution is 4.84. The molecule has 0 aromatic rings. The van der Waals surface area contributed by atoms with Crippen molar-refractivity contribution >= 4 is 0 Å². The molecule has 0 aliphatic heterocycles. The first kappa shape index (κ1) is 9.66. The van der Waals surface area contributed by atoms with Crippen LogP contribution in [0.4, 0.5) is 0 Å². The molecule has 0 amide bonds. The largest absolute Gasteiger partial charge is 0.355 e. The zero-order valence-corrected chi connectivity index (χ0v) is 7.13. The monoisotopic (exact) mass is 144 g/mol. The van der Waals surface area contributed by atoms with Crippen molar-refractivity contribution < 1.29 is 9.47 Å². The predicted molar refractivity (Wildman–Crippen MR) is 41.8 cm³/mol. The SMILES string of the molecule is C/C=C/C(C)C(OC)OC. The van der Waals surface area contributed by atoms with Crippen molar-refractivity contribution in [2.75, 3.05) is 14.2 Å². The molecule has 0 fully saturated rings. The van der Waals surface area contributed by atoms with E-state index in [0.717, 1.165) is 0 Å². The highest BCUT2D eigenvalue weighted by atomic mass is 16.7. The van der Waals surface area contributed by atoms with Crippen LogP contribution in [0.5, 0.6) is 0 Å². The lowest BCUT2D eigenvalue weighted by Crippen LogP contribution is -2.20. The molecule has 1 unspecified atom stereocenters. The van der Waals surface area contributed by atoms with Crippen molar-refractivity contribution in [2.45, 2.75) is 20.1 Å². The van der Waals surface area contributed by atoms with Gasteiger partial charge < -0.3 is 9.47 Å². The van der Waals surface area contributed by atoms with Gasteiger partial charge in [0.15, 0.2) is 6.29 Å². The molecule has 0 aromatic carbocycles. The number of methoxy groups -OCH3 is 2. The van der Waals surface area contributed by atoms with Gasteiger partial charge in [-0.1, -0.05) is 19.1 Å². The van der Waals surface area contributed by atoms with Gasteiger partial charge in [0, 0.05) is 20.1 Å². The molecule has 1 atom stereocenters. The van der Waals surface area contributed by atoms with Gasteiger partial charge in [0.05, 0.1) is 0 Å². The Morgan fingerprint density at radius 2 is 1.70 bits per heavy atom. The van der Waals surface area contributed by atoms with Crippen molar-refractivity contribution in [2.24, 2.45) is 5.92 Å². The maximum absolute atomic E-state index is 5.04. The summed E-state index contributed by atoms with van der Waals surface area (Å²) < 4.78 is 10.1. The van der Waals surface area contributed by atoms with Gasteiger partial charge in [0.2, 0.25) is 0 Å². The van der Waals surface area contributed by atoms with Crippen molar-refractivity contribution in [3.8, 4) is 0 Å². The summed E-state index contributed by atoms with van der Waals surface area (Å²) in [5, 5.41) is 0. The van der Waals surface area contributed by atoms with Crippen LogP contribution in [0.1, 0.15) is 13.8 Å². The van der Waals surface area contributed by atoms with E-state index in [4.69, 9.17) is 9.47 Å². The van der Waals surface area contributed by atoms with Gasteiger partial charge in [-0.2, -0.15) is 0 Å². The van der Waals surface area contributed by atoms with Gasteiger partial charge in [-0.25, -0.2) is 0 Å². The molecule has 0 bridgehead atoms. The van der Waals surface area contributed by atoms with Crippen LogP contribution >= 0.6 is 0 Å². The number of hydrogen-bond acceptors (Lipinski definition) is 2. The van der Waals surface area contributed by atoms with Crippen LogP contribution in [0.2, 0.25) is 0 Å². The summed E-state index contributed by atoms with van der Waals surface area (Å²) in [6, 6.07) is 0. The third-order valence-corrected chi connectivity index (χ3v) is 1.39. The fraction of sp³-hybridized carbons (Fsp3) is 0.750. The fourth-order valence-electron chi connectivity index (χ4n) is 0.920. The molecule has 0 spiro atoms. The molecule has 0 N–H and O–H groups in total. The van der Waals surface area contributed by atoms with E-state index >= 15 is 0 Å². The lowest BCUT2D eigenvalue weighted by atomic mass is 10.1. The summed E-state index contributed by atoms with van der Waals surface area (Å²) in [6.07, 6.45) is 3.93. The Hall–Kier alpha value is -0.340. The van der Waals surface area contributed by atoms with Gasteiger partial charge >= 0.3 is 0 Å². The Morgan fingerprint density at radius 1 is 1.20 bits per heavy atom. The molecule has 0 saturated carbocycles. The van der Waals surface area contributed by atoms with Gasteiger partial charge in [-0.05, 0) is 6.92 Å². The molecule has 10 heavy (non-hydrogen) atoms. The standard InChI is InChI=1S/C8H16O2/c1-5-6-7(2)8(9-3)10-4/h5-8H,1-4H3/b6-5+. The van der Waals surface area contributed by atoms with Crippen molar-refractivity contribution in [1.82, 2.24) is 0 Å². The quantitative estimate of drug-likeness (QED) is 0.442. The minimum absolute atomic E-state index is 0.115. The Morgan fingerprint density at radius 3 is 2.00 bits per heavy atom. The molecule has 0 aromatic heterocycles. The van der Waals surface area contributed by atoms with E-state index in [1.807, 2.05) is 13.0 Å². The van der Waals surface area contributed by atoms with Crippen LogP contribution < -0.4 is 0 Å². The van der Waals surface area contributed by atoms with E-state index < -0.39 is 0 Å². The molecule has 2 heteroatoms. The maximum Gasteiger partial charge on any atom is 0.162 e. The van der Waals surface area contributed by atoms with E-state index in [-0.39, 0.29) is 6.29 Å². The van der Waals surface area contributed by atoms with Crippen LogP contribution in [-0.4, -0.2) is 20.5 Å². The van der Waals surface area contributed by atoms with Crippen molar-refractivity contribution in [3.63, 3.8) is 0 Å². The van der Waals surface area contributed by atoms with Crippen molar-refractivity contribution in [1.29, 1.82) is 0 Å². The molecule has 0 aliphatic carbocycles. The third-order valence-electron chi connectivity index (χ3n) is 1.39. The molecule has 2 nitrogen and oxygen atoms in total. The average Bonchev–Trinajstić information content (AvgIpc) is 1.91. The van der Waals surface area contributed by atoms with Gasteiger partial charge in [0.1, 0.15) is 0 Å². The van der Waals surface area contributed by atoms with Gasteiger partial charge in [-0.3, -0.25) is 0 Å².